The van der Waals surface area contributed by atoms with Crippen LogP contribution in [0.3, 0.4) is 0 Å². The van der Waals surface area contributed by atoms with E-state index in [0.29, 0.717) is 12.4 Å². The number of nitrogens with zero attached hydrogens (tertiary/aromatic N) is 2. The van der Waals surface area contributed by atoms with Gasteiger partial charge in [0.05, 0.1) is 16.0 Å². The van der Waals surface area contributed by atoms with E-state index in [9.17, 15) is 0 Å². The number of aryl methyl sites for hydroxylation is 1. The predicted octanol–water partition coefficient (Wildman–Crippen LogP) is 3.41. The lowest BCUT2D eigenvalue weighted by atomic mass is 10.4. The molecule has 2 aromatic heterocycles. The molecule has 0 aromatic carbocycles. The van der Waals surface area contributed by atoms with E-state index in [1.807, 2.05) is 13.0 Å². The lowest BCUT2D eigenvalue weighted by molar-refractivity contribution is 0.697. The minimum Gasteiger partial charge on any atom is -0.384 e. The van der Waals surface area contributed by atoms with E-state index in [1.54, 1.807) is 16.0 Å². The molecule has 2 aromatic rings. The molecule has 80 valence electrons. The average molecular weight is 351 g/mol. The lowest BCUT2D eigenvalue weighted by Crippen LogP contribution is -2.04. The van der Waals surface area contributed by atoms with Crippen molar-refractivity contribution < 1.29 is 0 Å². The molecule has 0 saturated carbocycles. The summed E-state index contributed by atoms with van der Waals surface area (Å²) in [6.45, 7) is 2.65. The fourth-order valence-electron chi connectivity index (χ4n) is 1.31. The van der Waals surface area contributed by atoms with Crippen molar-refractivity contribution in [1.29, 1.82) is 0 Å². The highest BCUT2D eigenvalue weighted by Crippen LogP contribution is 2.32. The highest BCUT2D eigenvalue weighted by Gasteiger charge is 2.07. The molecule has 0 fully saturated rings. The largest absolute Gasteiger partial charge is 0.384 e. The van der Waals surface area contributed by atoms with Crippen molar-refractivity contribution in [2.24, 2.45) is 0 Å². The number of aromatic nitrogens is 2. The fraction of sp³-hybridized carbons (Fsp3) is 0.222. The van der Waals surface area contributed by atoms with E-state index in [-0.39, 0.29) is 0 Å². The molecular weight excluding hydrogens is 342 g/mol. The van der Waals surface area contributed by atoms with Gasteiger partial charge in [0.15, 0.2) is 0 Å². The summed E-state index contributed by atoms with van der Waals surface area (Å²) in [7, 11) is 0. The number of rotatable bonds is 2. The Labute approximate surface area is 109 Å². The maximum Gasteiger partial charge on any atom is 0.122 e. The van der Waals surface area contributed by atoms with Gasteiger partial charge >= 0.3 is 0 Å². The van der Waals surface area contributed by atoms with Crippen LogP contribution in [0.2, 0.25) is 0 Å². The zero-order chi connectivity index (χ0) is 11.0. The first kappa shape index (κ1) is 11.2. The molecular formula is C9H9Br2N3S. The highest BCUT2D eigenvalue weighted by molar-refractivity contribution is 9.13. The topological polar surface area (TPSA) is 43.8 Å². The van der Waals surface area contributed by atoms with Gasteiger partial charge in [-0.2, -0.15) is 5.10 Å². The van der Waals surface area contributed by atoms with Gasteiger partial charge in [0.1, 0.15) is 5.82 Å². The number of halogens is 2. The first-order valence-electron chi connectivity index (χ1n) is 4.30. The Bertz CT molecular complexity index is 470. The standard InChI is InChI=1S/C9H9Br2N3S/c1-5-2-8(12)14(13-5)4-6-3-7(10)9(11)15-6/h2-3H,4,12H2,1H3. The molecule has 0 aliphatic heterocycles. The van der Waals surface area contributed by atoms with Gasteiger partial charge in [-0.3, -0.25) is 0 Å². The summed E-state index contributed by atoms with van der Waals surface area (Å²) >= 11 is 8.60. The molecule has 0 spiro atoms. The number of nitrogens with two attached hydrogens (primary N) is 1. The number of thiophene rings is 1. The molecule has 0 amide bonds. The zero-order valence-electron chi connectivity index (χ0n) is 8.00. The lowest BCUT2D eigenvalue weighted by Gasteiger charge is -2.00. The fourth-order valence-corrected chi connectivity index (χ4v) is 3.47. The Morgan fingerprint density at radius 3 is 2.67 bits per heavy atom. The van der Waals surface area contributed by atoms with Crippen LogP contribution in [0.4, 0.5) is 5.82 Å². The normalized spacial score (nSPS) is 10.9. The third-order valence-corrected chi connectivity index (χ3v) is 5.18. The van der Waals surface area contributed by atoms with Gasteiger partial charge in [-0.1, -0.05) is 0 Å². The van der Waals surface area contributed by atoms with Gasteiger partial charge in [-0.25, -0.2) is 4.68 Å². The van der Waals surface area contributed by atoms with E-state index in [4.69, 9.17) is 5.73 Å². The summed E-state index contributed by atoms with van der Waals surface area (Å²) in [5.41, 5.74) is 6.76. The van der Waals surface area contributed by atoms with E-state index in [1.165, 1.54) is 4.88 Å². The first-order valence-corrected chi connectivity index (χ1v) is 6.70. The molecule has 0 aliphatic carbocycles. The van der Waals surface area contributed by atoms with Crippen LogP contribution in [0.15, 0.2) is 20.4 Å². The highest BCUT2D eigenvalue weighted by atomic mass is 79.9. The van der Waals surface area contributed by atoms with E-state index in [0.717, 1.165) is 14.0 Å². The molecule has 0 atom stereocenters. The third kappa shape index (κ3) is 2.43. The SMILES string of the molecule is Cc1cc(N)n(Cc2cc(Br)c(Br)s2)n1. The van der Waals surface area contributed by atoms with Crippen LogP contribution in [0, 0.1) is 6.92 Å². The van der Waals surface area contributed by atoms with Crippen molar-refractivity contribution in [3.05, 3.63) is 31.0 Å². The Morgan fingerprint density at radius 2 is 2.20 bits per heavy atom. The molecule has 0 bridgehead atoms. The smallest absolute Gasteiger partial charge is 0.122 e. The van der Waals surface area contributed by atoms with E-state index < -0.39 is 0 Å². The van der Waals surface area contributed by atoms with E-state index >= 15 is 0 Å². The van der Waals surface area contributed by atoms with Gasteiger partial charge < -0.3 is 5.73 Å². The summed E-state index contributed by atoms with van der Waals surface area (Å²) in [4.78, 5) is 1.21. The molecule has 0 unspecified atom stereocenters. The molecule has 6 heteroatoms. The van der Waals surface area contributed by atoms with Crippen LogP contribution in [0.25, 0.3) is 0 Å². The second-order valence-electron chi connectivity index (χ2n) is 3.20. The van der Waals surface area contributed by atoms with Crippen molar-refractivity contribution in [2.45, 2.75) is 13.5 Å². The van der Waals surface area contributed by atoms with Gasteiger partial charge in [-0.15, -0.1) is 11.3 Å². The maximum atomic E-state index is 5.82. The van der Waals surface area contributed by atoms with Crippen LogP contribution < -0.4 is 5.73 Å². The van der Waals surface area contributed by atoms with Crippen LogP contribution in [-0.4, -0.2) is 9.78 Å². The first-order chi connectivity index (χ1) is 7.06. The van der Waals surface area contributed by atoms with Gasteiger partial charge in [0, 0.05) is 15.4 Å². The number of anilines is 1. The Morgan fingerprint density at radius 1 is 1.47 bits per heavy atom. The Hall–Kier alpha value is -0.330. The second kappa shape index (κ2) is 4.27. The minimum atomic E-state index is 0.702. The summed E-state index contributed by atoms with van der Waals surface area (Å²) in [5.74, 6) is 0.702. The second-order valence-corrected chi connectivity index (χ2v) is 6.51. The number of hydrogen-bond acceptors (Lipinski definition) is 3. The average Bonchev–Trinajstić information content (AvgIpc) is 2.59. The minimum absolute atomic E-state index is 0.702. The van der Waals surface area contributed by atoms with Crippen LogP contribution in [0.1, 0.15) is 10.6 Å². The summed E-state index contributed by atoms with van der Waals surface area (Å²) in [5, 5.41) is 4.31. The molecule has 2 heterocycles. The number of hydrogen-bond donors (Lipinski definition) is 1. The Balaban J connectivity index is 2.25. The molecule has 0 saturated heterocycles. The zero-order valence-corrected chi connectivity index (χ0v) is 12.0. The van der Waals surface area contributed by atoms with Crippen LogP contribution in [0.5, 0.6) is 0 Å². The quantitative estimate of drug-likeness (QED) is 0.901. The molecule has 2 N–H and O–H groups in total. The monoisotopic (exact) mass is 349 g/mol. The predicted molar refractivity (Wildman–Crippen MR) is 70.2 cm³/mol. The molecule has 0 radical (unpaired) electrons. The van der Waals surface area contributed by atoms with Crippen LogP contribution >= 0.6 is 43.2 Å². The van der Waals surface area contributed by atoms with Gasteiger partial charge in [0.25, 0.3) is 0 Å². The van der Waals surface area contributed by atoms with E-state index in [2.05, 4.69) is 43.0 Å². The van der Waals surface area contributed by atoms with Crippen molar-refractivity contribution in [2.75, 3.05) is 5.73 Å². The third-order valence-electron chi connectivity index (χ3n) is 1.94. The van der Waals surface area contributed by atoms with Crippen molar-refractivity contribution in [1.82, 2.24) is 9.78 Å². The summed E-state index contributed by atoms with van der Waals surface area (Å²) in [6.07, 6.45) is 0. The molecule has 0 aliphatic rings. The summed E-state index contributed by atoms with van der Waals surface area (Å²) in [6, 6.07) is 3.95. The van der Waals surface area contributed by atoms with Crippen molar-refractivity contribution in [3.8, 4) is 0 Å². The number of nitrogen functional groups attached to an aromatic ring is 1. The molecule has 2 rings (SSSR count). The maximum absolute atomic E-state index is 5.82. The summed E-state index contributed by atoms with van der Waals surface area (Å²) < 4.78 is 3.98. The van der Waals surface area contributed by atoms with Crippen LogP contribution in [-0.2, 0) is 6.54 Å². The molecule has 15 heavy (non-hydrogen) atoms. The van der Waals surface area contributed by atoms with Crippen molar-refractivity contribution in [3.63, 3.8) is 0 Å². The van der Waals surface area contributed by atoms with Gasteiger partial charge in [-0.05, 0) is 44.8 Å². The molecule has 3 nitrogen and oxygen atoms in total. The Kier molecular flexibility index (Phi) is 3.18. The van der Waals surface area contributed by atoms with Crippen molar-refractivity contribution >= 4 is 49.0 Å². The van der Waals surface area contributed by atoms with Gasteiger partial charge in [0.2, 0.25) is 0 Å².